The summed E-state index contributed by atoms with van der Waals surface area (Å²) in [7, 11) is 2.12. The molecule has 2 N–H and O–H groups in total. The number of rotatable bonds is 5. The van der Waals surface area contributed by atoms with Crippen molar-refractivity contribution in [1.29, 1.82) is 0 Å². The SMILES string of the molecule is Cc1cc2c(cc1-c1ccc3c(c1)CCN(C)[C@H]3CNc1cnccc1C(=O)O)CCO2. The minimum absolute atomic E-state index is 0.157. The number of benzene rings is 2. The number of nitrogens with one attached hydrogen (secondary N) is 1. The Morgan fingerprint density at radius 2 is 2.09 bits per heavy atom. The summed E-state index contributed by atoms with van der Waals surface area (Å²) in [4.78, 5) is 17.9. The summed E-state index contributed by atoms with van der Waals surface area (Å²) in [6.07, 6.45) is 5.05. The van der Waals surface area contributed by atoms with E-state index in [4.69, 9.17) is 4.74 Å². The third-order valence-corrected chi connectivity index (χ3v) is 6.65. The third kappa shape index (κ3) is 3.71. The van der Waals surface area contributed by atoms with Crippen molar-refractivity contribution in [2.45, 2.75) is 25.8 Å². The van der Waals surface area contributed by atoms with Crippen LogP contribution in [0.2, 0.25) is 0 Å². The summed E-state index contributed by atoms with van der Waals surface area (Å²) in [6.45, 7) is 4.48. The van der Waals surface area contributed by atoms with Gasteiger partial charge in [0.1, 0.15) is 5.75 Å². The van der Waals surface area contributed by atoms with Crippen LogP contribution in [0.25, 0.3) is 11.1 Å². The number of aromatic nitrogens is 1. The number of carboxylic acids is 1. The molecule has 1 aromatic heterocycles. The number of hydrogen-bond donors (Lipinski definition) is 2. The molecule has 0 fully saturated rings. The molecular formula is C26H27N3O3. The normalized spacial score (nSPS) is 17.4. The van der Waals surface area contributed by atoms with E-state index in [1.54, 1.807) is 6.20 Å². The predicted molar refractivity (Wildman–Crippen MR) is 125 cm³/mol. The number of hydrogen-bond acceptors (Lipinski definition) is 5. The molecular weight excluding hydrogens is 402 g/mol. The summed E-state index contributed by atoms with van der Waals surface area (Å²) < 4.78 is 5.72. The van der Waals surface area contributed by atoms with Crippen LogP contribution in [0.1, 0.15) is 38.7 Å². The molecule has 6 heteroatoms. The fraction of sp³-hybridized carbons (Fsp3) is 0.308. The first-order valence-electron chi connectivity index (χ1n) is 11.0. The van der Waals surface area contributed by atoms with Crippen LogP contribution in [0.4, 0.5) is 5.69 Å². The highest BCUT2D eigenvalue weighted by Gasteiger charge is 2.26. The van der Waals surface area contributed by atoms with E-state index in [-0.39, 0.29) is 11.6 Å². The number of fused-ring (bicyclic) bond motifs is 2. The summed E-state index contributed by atoms with van der Waals surface area (Å²) in [5.41, 5.74) is 8.47. The number of nitrogens with zero attached hydrogens (tertiary/aromatic N) is 2. The minimum atomic E-state index is -0.952. The number of anilines is 1. The maximum Gasteiger partial charge on any atom is 0.337 e. The van der Waals surface area contributed by atoms with E-state index in [2.05, 4.69) is 59.5 Å². The smallest absolute Gasteiger partial charge is 0.337 e. The number of carboxylic acid groups (broad SMARTS) is 1. The highest BCUT2D eigenvalue weighted by atomic mass is 16.5. The Morgan fingerprint density at radius 3 is 2.94 bits per heavy atom. The van der Waals surface area contributed by atoms with Gasteiger partial charge in [-0.15, -0.1) is 0 Å². The lowest BCUT2D eigenvalue weighted by Crippen LogP contribution is -2.36. The second-order valence-electron chi connectivity index (χ2n) is 8.64. The van der Waals surface area contributed by atoms with Gasteiger partial charge >= 0.3 is 5.97 Å². The first-order valence-corrected chi connectivity index (χ1v) is 11.0. The Bertz CT molecular complexity index is 1190. The van der Waals surface area contributed by atoms with Gasteiger partial charge in [0.05, 0.1) is 30.1 Å². The number of ether oxygens (including phenoxy) is 1. The lowest BCUT2D eigenvalue weighted by Gasteiger charge is -2.35. The third-order valence-electron chi connectivity index (χ3n) is 6.65. The zero-order valence-corrected chi connectivity index (χ0v) is 18.4. The maximum absolute atomic E-state index is 11.5. The molecule has 6 nitrogen and oxygen atoms in total. The monoisotopic (exact) mass is 429 g/mol. The Morgan fingerprint density at radius 1 is 1.22 bits per heavy atom. The Labute approximate surface area is 187 Å². The van der Waals surface area contributed by atoms with Gasteiger partial charge in [0, 0.05) is 25.7 Å². The van der Waals surface area contributed by atoms with E-state index in [9.17, 15) is 9.90 Å². The first-order chi connectivity index (χ1) is 15.5. The van der Waals surface area contributed by atoms with Gasteiger partial charge in [-0.25, -0.2) is 4.79 Å². The van der Waals surface area contributed by atoms with Gasteiger partial charge in [0.15, 0.2) is 0 Å². The Balaban J connectivity index is 1.43. The van der Waals surface area contributed by atoms with Crippen LogP contribution < -0.4 is 10.1 Å². The molecule has 5 rings (SSSR count). The molecule has 0 unspecified atom stereocenters. The standard InChI is InChI=1S/C26H27N3O3/c1-16-11-25-19(7-10-32-25)13-22(16)17-3-4-20-18(12-17)6-9-29(2)24(20)15-28-23-14-27-8-5-21(23)26(30)31/h3-5,8,11-14,24,28H,6-7,9-10,15H2,1-2H3,(H,30,31)/t24-/m0/s1. The van der Waals surface area contributed by atoms with Gasteiger partial charge in [-0.05, 0) is 72.0 Å². The molecule has 0 saturated carbocycles. The van der Waals surface area contributed by atoms with Crippen LogP contribution in [-0.4, -0.2) is 47.7 Å². The predicted octanol–water partition coefficient (Wildman–Crippen LogP) is 4.33. The second kappa shape index (κ2) is 8.28. The molecule has 3 heterocycles. The highest BCUT2D eigenvalue weighted by Crippen LogP contribution is 2.37. The van der Waals surface area contributed by atoms with Gasteiger partial charge in [-0.1, -0.05) is 18.2 Å². The topological polar surface area (TPSA) is 74.7 Å². The Hall–Kier alpha value is -3.38. The molecule has 32 heavy (non-hydrogen) atoms. The zero-order chi connectivity index (χ0) is 22.2. The molecule has 2 aromatic carbocycles. The molecule has 0 radical (unpaired) electrons. The highest BCUT2D eigenvalue weighted by molar-refractivity contribution is 5.93. The van der Waals surface area contributed by atoms with Crippen LogP contribution in [-0.2, 0) is 12.8 Å². The number of likely N-dealkylation sites (N-methyl/N-ethyl adjacent to an activating group) is 1. The van der Waals surface area contributed by atoms with Crippen molar-refractivity contribution in [3.8, 4) is 16.9 Å². The fourth-order valence-corrected chi connectivity index (χ4v) is 4.84. The summed E-state index contributed by atoms with van der Waals surface area (Å²) in [6, 6.07) is 12.9. The average molecular weight is 430 g/mol. The average Bonchev–Trinajstić information content (AvgIpc) is 3.25. The number of carbonyl (C=O) groups is 1. The van der Waals surface area contributed by atoms with Gasteiger partial charge in [0.25, 0.3) is 0 Å². The lowest BCUT2D eigenvalue weighted by molar-refractivity contribution is 0.0697. The van der Waals surface area contributed by atoms with Gasteiger partial charge in [-0.3, -0.25) is 9.88 Å². The fourth-order valence-electron chi connectivity index (χ4n) is 4.84. The largest absolute Gasteiger partial charge is 0.493 e. The first kappa shape index (κ1) is 20.5. The number of pyridine rings is 1. The van der Waals surface area contributed by atoms with Gasteiger partial charge in [-0.2, -0.15) is 0 Å². The van der Waals surface area contributed by atoms with E-state index < -0.39 is 5.97 Å². The summed E-state index contributed by atoms with van der Waals surface area (Å²) in [5.74, 6) is 0.0696. The van der Waals surface area contributed by atoms with Crippen molar-refractivity contribution in [3.63, 3.8) is 0 Å². The number of aromatic carboxylic acids is 1. The molecule has 0 amide bonds. The van der Waals surface area contributed by atoms with Crippen LogP contribution in [0, 0.1) is 6.92 Å². The molecule has 0 aliphatic carbocycles. The molecule has 2 aliphatic heterocycles. The van der Waals surface area contributed by atoms with E-state index in [0.717, 1.165) is 31.7 Å². The van der Waals surface area contributed by atoms with Crippen molar-refractivity contribution in [3.05, 3.63) is 76.6 Å². The van der Waals surface area contributed by atoms with Crippen molar-refractivity contribution in [2.75, 3.05) is 32.1 Å². The van der Waals surface area contributed by atoms with Crippen LogP contribution in [0.15, 0.2) is 48.8 Å². The van der Waals surface area contributed by atoms with E-state index in [0.29, 0.717) is 12.2 Å². The number of aryl methyl sites for hydroxylation is 1. The van der Waals surface area contributed by atoms with Crippen molar-refractivity contribution >= 4 is 11.7 Å². The summed E-state index contributed by atoms with van der Waals surface area (Å²) in [5, 5.41) is 12.8. The van der Waals surface area contributed by atoms with Crippen LogP contribution in [0.3, 0.4) is 0 Å². The second-order valence-corrected chi connectivity index (χ2v) is 8.64. The molecule has 0 bridgehead atoms. The van der Waals surface area contributed by atoms with Crippen LogP contribution in [0.5, 0.6) is 5.75 Å². The van der Waals surface area contributed by atoms with E-state index in [1.807, 2.05) is 0 Å². The van der Waals surface area contributed by atoms with Crippen molar-refractivity contribution in [2.24, 2.45) is 0 Å². The Kier molecular flexibility index (Phi) is 5.31. The lowest BCUT2D eigenvalue weighted by atomic mass is 9.88. The van der Waals surface area contributed by atoms with E-state index >= 15 is 0 Å². The quantitative estimate of drug-likeness (QED) is 0.629. The van der Waals surface area contributed by atoms with Crippen LogP contribution >= 0.6 is 0 Å². The minimum Gasteiger partial charge on any atom is -0.493 e. The van der Waals surface area contributed by atoms with Gasteiger partial charge in [0.2, 0.25) is 0 Å². The molecule has 3 aromatic rings. The van der Waals surface area contributed by atoms with Crippen molar-refractivity contribution in [1.82, 2.24) is 9.88 Å². The zero-order valence-electron chi connectivity index (χ0n) is 18.4. The van der Waals surface area contributed by atoms with E-state index in [1.165, 1.54) is 45.6 Å². The molecule has 2 aliphatic rings. The molecule has 0 saturated heterocycles. The van der Waals surface area contributed by atoms with Crippen molar-refractivity contribution < 1.29 is 14.6 Å². The maximum atomic E-state index is 11.5. The molecule has 1 atom stereocenters. The molecule has 164 valence electrons. The van der Waals surface area contributed by atoms with Gasteiger partial charge < -0.3 is 15.2 Å². The molecule has 0 spiro atoms. The summed E-state index contributed by atoms with van der Waals surface area (Å²) >= 11 is 0.